The molecular weight excluding hydrogens is 222 g/mol. The summed E-state index contributed by atoms with van der Waals surface area (Å²) >= 11 is 0. The van der Waals surface area contributed by atoms with Crippen molar-refractivity contribution in [3.05, 3.63) is 53.3 Å². The first-order valence-corrected chi connectivity index (χ1v) is 6.54. The van der Waals surface area contributed by atoms with Crippen molar-refractivity contribution in [2.45, 2.75) is 25.3 Å². The van der Waals surface area contributed by atoms with Crippen LogP contribution in [0.15, 0.2) is 36.5 Å². The average molecular weight is 241 g/mol. The Balaban J connectivity index is 1.95. The number of rotatable bonds is 2. The molecule has 2 aromatic rings. The first-order chi connectivity index (χ1) is 8.75. The van der Waals surface area contributed by atoms with Crippen LogP contribution in [0, 0.1) is 6.92 Å². The summed E-state index contributed by atoms with van der Waals surface area (Å²) in [5.74, 6) is 0.564. The van der Waals surface area contributed by atoms with Gasteiger partial charge in [-0.05, 0) is 25.5 Å². The third kappa shape index (κ3) is 1.95. The molecular formula is C15H19N3. The largest absolute Gasteiger partial charge is 0.309 e. The predicted molar refractivity (Wildman–Crippen MR) is 72.5 cm³/mol. The molecule has 3 rings (SSSR count). The van der Waals surface area contributed by atoms with E-state index in [-0.39, 0.29) is 0 Å². The van der Waals surface area contributed by atoms with Crippen LogP contribution in [0.3, 0.4) is 0 Å². The summed E-state index contributed by atoms with van der Waals surface area (Å²) < 4.78 is 1.91. The van der Waals surface area contributed by atoms with E-state index in [4.69, 9.17) is 0 Å². The second kappa shape index (κ2) is 4.58. The number of aromatic nitrogens is 2. The van der Waals surface area contributed by atoms with E-state index < -0.39 is 0 Å². The molecule has 1 aliphatic rings. The quantitative estimate of drug-likeness (QED) is 0.875. The molecule has 94 valence electrons. The molecule has 2 unspecified atom stereocenters. The zero-order valence-corrected chi connectivity index (χ0v) is 10.9. The maximum Gasteiger partial charge on any atom is 0.0641 e. The molecule has 0 aliphatic carbocycles. The molecule has 1 fully saturated rings. The smallest absolute Gasteiger partial charge is 0.0641 e. The van der Waals surface area contributed by atoms with E-state index in [0.717, 1.165) is 12.2 Å². The van der Waals surface area contributed by atoms with Crippen LogP contribution in [-0.4, -0.2) is 16.3 Å². The van der Waals surface area contributed by atoms with Crippen molar-refractivity contribution in [3.8, 4) is 0 Å². The highest BCUT2D eigenvalue weighted by Crippen LogP contribution is 2.38. The zero-order chi connectivity index (χ0) is 12.5. The van der Waals surface area contributed by atoms with Gasteiger partial charge in [0.15, 0.2) is 0 Å². The maximum absolute atomic E-state index is 4.46. The van der Waals surface area contributed by atoms with Crippen molar-refractivity contribution in [2.24, 2.45) is 7.05 Å². The van der Waals surface area contributed by atoms with Crippen LogP contribution in [0.1, 0.15) is 35.2 Å². The topological polar surface area (TPSA) is 29.9 Å². The number of hydrogen-bond acceptors (Lipinski definition) is 2. The normalized spacial score (nSPS) is 23.4. The highest BCUT2D eigenvalue weighted by Gasteiger charge is 2.31. The molecule has 0 bridgehead atoms. The molecule has 18 heavy (non-hydrogen) atoms. The Morgan fingerprint density at radius 2 is 2.06 bits per heavy atom. The second-order valence-corrected chi connectivity index (χ2v) is 5.08. The molecule has 1 aliphatic heterocycles. The van der Waals surface area contributed by atoms with Gasteiger partial charge in [0.1, 0.15) is 0 Å². The fourth-order valence-electron chi connectivity index (χ4n) is 3.01. The van der Waals surface area contributed by atoms with Gasteiger partial charge in [0.2, 0.25) is 0 Å². The van der Waals surface area contributed by atoms with Crippen LogP contribution in [0.2, 0.25) is 0 Å². The SMILES string of the molecule is Cc1nn(C)cc1C1NCCC1c1ccccc1. The van der Waals surface area contributed by atoms with Crippen molar-refractivity contribution >= 4 is 0 Å². The number of nitrogens with zero attached hydrogens (tertiary/aromatic N) is 2. The number of hydrogen-bond donors (Lipinski definition) is 1. The molecule has 0 saturated carbocycles. The van der Waals surface area contributed by atoms with Gasteiger partial charge in [-0.15, -0.1) is 0 Å². The summed E-state index contributed by atoms with van der Waals surface area (Å²) in [6.45, 7) is 3.18. The number of benzene rings is 1. The minimum absolute atomic E-state index is 0.404. The van der Waals surface area contributed by atoms with E-state index >= 15 is 0 Å². The van der Waals surface area contributed by atoms with Crippen molar-refractivity contribution < 1.29 is 0 Å². The molecule has 0 amide bonds. The van der Waals surface area contributed by atoms with Gasteiger partial charge in [0.25, 0.3) is 0 Å². The minimum Gasteiger partial charge on any atom is -0.309 e. The van der Waals surface area contributed by atoms with E-state index in [1.54, 1.807) is 0 Å². The van der Waals surface area contributed by atoms with Gasteiger partial charge in [-0.3, -0.25) is 4.68 Å². The zero-order valence-electron chi connectivity index (χ0n) is 10.9. The van der Waals surface area contributed by atoms with Gasteiger partial charge in [-0.25, -0.2) is 0 Å². The molecule has 2 heterocycles. The summed E-state index contributed by atoms with van der Waals surface area (Å²) in [5.41, 5.74) is 3.90. The van der Waals surface area contributed by atoms with Gasteiger partial charge < -0.3 is 5.32 Å². The van der Waals surface area contributed by atoms with Gasteiger partial charge in [0, 0.05) is 30.8 Å². The fraction of sp³-hybridized carbons (Fsp3) is 0.400. The van der Waals surface area contributed by atoms with E-state index in [1.165, 1.54) is 17.5 Å². The lowest BCUT2D eigenvalue weighted by molar-refractivity contribution is 0.574. The summed E-state index contributed by atoms with van der Waals surface area (Å²) in [6.07, 6.45) is 3.34. The van der Waals surface area contributed by atoms with Gasteiger partial charge >= 0.3 is 0 Å². The van der Waals surface area contributed by atoms with Crippen LogP contribution < -0.4 is 5.32 Å². The molecule has 1 aromatic carbocycles. The molecule has 1 N–H and O–H groups in total. The van der Waals surface area contributed by atoms with Crippen LogP contribution in [0.4, 0.5) is 0 Å². The Kier molecular flexibility index (Phi) is 2.92. The monoisotopic (exact) mass is 241 g/mol. The maximum atomic E-state index is 4.46. The van der Waals surface area contributed by atoms with Crippen LogP contribution >= 0.6 is 0 Å². The standard InChI is InChI=1S/C15H19N3/c1-11-14(10-18(2)17-11)15-13(8-9-16-15)12-6-4-3-5-7-12/h3-7,10,13,15-16H,8-9H2,1-2H3. The Hall–Kier alpha value is -1.61. The molecule has 0 spiro atoms. The summed E-state index contributed by atoms with van der Waals surface area (Å²) in [6, 6.07) is 11.2. The molecule has 3 heteroatoms. The third-order valence-corrected chi connectivity index (χ3v) is 3.84. The Morgan fingerprint density at radius 1 is 1.28 bits per heavy atom. The van der Waals surface area contributed by atoms with Crippen molar-refractivity contribution in [1.82, 2.24) is 15.1 Å². The molecule has 3 nitrogen and oxygen atoms in total. The number of nitrogens with one attached hydrogen (secondary N) is 1. The van der Waals surface area contributed by atoms with Crippen LogP contribution in [0.25, 0.3) is 0 Å². The minimum atomic E-state index is 0.404. The van der Waals surface area contributed by atoms with Crippen LogP contribution in [-0.2, 0) is 7.05 Å². The Bertz CT molecular complexity index is 530. The van der Waals surface area contributed by atoms with E-state index in [2.05, 4.69) is 53.9 Å². The lowest BCUT2D eigenvalue weighted by atomic mass is 9.88. The van der Waals surface area contributed by atoms with Gasteiger partial charge in [-0.1, -0.05) is 30.3 Å². The van der Waals surface area contributed by atoms with E-state index in [9.17, 15) is 0 Å². The van der Waals surface area contributed by atoms with Gasteiger partial charge in [0.05, 0.1) is 5.69 Å². The highest BCUT2D eigenvalue weighted by atomic mass is 15.3. The Morgan fingerprint density at radius 3 is 2.72 bits per heavy atom. The summed E-state index contributed by atoms with van der Waals surface area (Å²) in [5, 5.41) is 8.08. The van der Waals surface area contributed by atoms with Crippen molar-refractivity contribution in [3.63, 3.8) is 0 Å². The lowest BCUT2D eigenvalue weighted by Crippen LogP contribution is -2.17. The molecule has 1 saturated heterocycles. The van der Waals surface area contributed by atoms with Crippen LogP contribution in [0.5, 0.6) is 0 Å². The predicted octanol–water partition coefficient (Wildman–Crippen LogP) is 2.55. The number of aryl methyl sites for hydroxylation is 2. The fourth-order valence-corrected chi connectivity index (χ4v) is 3.01. The van der Waals surface area contributed by atoms with Crippen molar-refractivity contribution in [2.75, 3.05) is 6.54 Å². The first kappa shape index (κ1) is 11.5. The highest BCUT2D eigenvalue weighted by molar-refractivity contribution is 5.30. The summed E-state index contributed by atoms with van der Waals surface area (Å²) in [4.78, 5) is 0. The average Bonchev–Trinajstić information content (AvgIpc) is 2.96. The summed E-state index contributed by atoms with van der Waals surface area (Å²) in [7, 11) is 1.99. The Labute approximate surface area is 108 Å². The second-order valence-electron chi connectivity index (χ2n) is 5.08. The van der Waals surface area contributed by atoms with E-state index in [1.807, 2.05) is 11.7 Å². The van der Waals surface area contributed by atoms with E-state index in [0.29, 0.717) is 12.0 Å². The van der Waals surface area contributed by atoms with Gasteiger partial charge in [-0.2, -0.15) is 5.10 Å². The van der Waals surface area contributed by atoms with Crippen molar-refractivity contribution in [1.29, 1.82) is 0 Å². The molecule has 0 radical (unpaired) electrons. The lowest BCUT2D eigenvalue weighted by Gasteiger charge is -2.19. The molecule has 2 atom stereocenters. The molecule has 1 aromatic heterocycles. The first-order valence-electron chi connectivity index (χ1n) is 6.54. The third-order valence-electron chi connectivity index (χ3n) is 3.84.